The average molecular weight is 205 g/mol. The topological polar surface area (TPSA) is 24.9 Å². The molecule has 0 aliphatic carbocycles. The summed E-state index contributed by atoms with van der Waals surface area (Å²) in [7, 11) is 0. The van der Waals surface area contributed by atoms with Crippen molar-refractivity contribution < 1.29 is 0 Å². The minimum Gasteiger partial charge on any atom is -0.355 e. The number of anilines is 1. The first-order valence-electron chi connectivity index (χ1n) is 3.94. The molecule has 1 unspecified atom stereocenters. The van der Waals surface area contributed by atoms with Crippen LogP contribution < -0.4 is 5.32 Å². The number of hydrogen-bond donors (Lipinski definition) is 1. The van der Waals surface area contributed by atoms with Crippen LogP contribution in [-0.2, 0) is 0 Å². The van der Waals surface area contributed by atoms with Crippen molar-refractivity contribution in [2.24, 2.45) is 0 Å². The van der Waals surface area contributed by atoms with Crippen molar-refractivity contribution in [1.29, 1.82) is 0 Å². The van der Waals surface area contributed by atoms with Crippen molar-refractivity contribution in [3.63, 3.8) is 0 Å². The first kappa shape index (κ1) is 9.81. The summed E-state index contributed by atoms with van der Waals surface area (Å²) in [5.41, 5.74) is -0.0284. The zero-order valence-electron chi connectivity index (χ0n) is 7.30. The first-order chi connectivity index (χ1) is 5.70. The van der Waals surface area contributed by atoms with E-state index in [0.717, 1.165) is 11.6 Å². The molecule has 1 rings (SSSR count). The van der Waals surface area contributed by atoms with Crippen molar-refractivity contribution in [1.82, 2.24) is 4.98 Å². The molecule has 1 heterocycles. The fourth-order valence-corrected chi connectivity index (χ4v) is 1.69. The Hall–Kier alpha value is -0.280. The van der Waals surface area contributed by atoms with Crippen LogP contribution in [-0.4, -0.2) is 16.4 Å². The number of nitrogens with zero attached hydrogens (tertiary/aromatic N) is 1. The van der Waals surface area contributed by atoms with Gasteiger partial charge in [0, 0.05) is 23.0 Å². The van der Waals surface area contributed by atoms with Gasteiger partial charge in [-0.05, 0) is 13.3 Å². The number of nitrogens with one attached hydrogen (secondary N) is 1. The number of halogens is 1. The van der Waals surface area contributed by atoms with Crippen LogP contribution in [0.15, 0.2) is 11.6 Å². The molecule has 0 saturated heterocycles. The minimum atomic E-state index is -0.0284. The van der Waals surface area contributed by atoms with Crippen molar-refractivity contribution in [3.05, 3.63) is 11.6 Å². The van der Waals surface area contributed by atoms with Crippen LogP contribution in [0.4, 0.5) is 5.13 Å². The molecule has 2 nitrogen and oxygen atoms in total. The fraction of sp³-hybridized carbons (Fsp3) is 0.625. The van der Waals surface area contributed by atoms with E-state index < -0.39 is 0 Å². The molecule has 0 saturated carbocycles. The molecule has 68 valence electrons. The number of alkyl halides is 1. The highest BCUT2D eigenvalue weighted by Crippen LogP contribution is 2.21. The van der Waals surface area contributed by atoms with E-state index in [9.17, 15) is 0 Å². The molecule has 12 heavy (non-hydrogen) atoms. The summed E-state index contributed by atoms with van der Waals surface area (Å²) in [6.07, 6.45) is 2.79. The first-order valence-corrected chi connectivity index (χ1v) is 5.35. The molecule has 0 radical (unpaired) electrons. The zero-order valence-corrected chi connectivity index (χ0v) is 8.87. The van der Waals surface area contributed by atoms with E-state index in [4.69, 9.17) is 11.6 Å². The van der Waals surface area contributed by atoms with Gasteiger partial charge in [0.2, 0.25) is 0 Å². The van der Waals surface area contributed by atoms with Gasteiger partial charge in [-0.25, -0.2) is 4.98 Å². The maximum atomic E-state index is 5.84. The molecule has 0 amide bonds. The largest absolute Gasteiger partial charge is 0.355 e. The predicted octanol–water partition coefficient (Wildman–Crippen LogP) is 2.96. The van der Waals surface area contributed by atoms with Crippen molar-refractivity contribution >= 4 is 28.1 Å². The summed E-state index contributed by atoms with van der Waals surface area (Å²) in [6, 6.07) is 0. The van der Waals surface area contributed by atoms with Crippen molar-refractivity contribution in [2.45, 2.75) is 25.8 Å². The number of thiazole rings is 1. The zero-order chi connectivity index (χ0) is 9.03. The highest BCUT2D eigenvalue weighted by Gasteiger charge is 2.20. The Bertz CT molecular complexity index is 219. The van der Waals surface area contributed by atoms with E-state index >= 15 is 0 Å². The minimum absolute atomic E-state index is 0.0284. The summed E-state index contributed by atoms with van der Waals surface area (Å²) in [5.74, 6) is 0.600. The van der Waals surface area contributed by atoms with Crippen LogP contribution >= 0.6 is 22.9 Å². The van der Waals surface area contributed by atoms with Crippen LogP contribution in [0, 0.1) is 0 Å². The van der Waals surface area contributed by atoms with Gasteiger partial charge in [-0.3, -0.25) is 0 Å². The third kappa shape index (κ3) is 2.35. The molecule has 0 aliphatic rings. The quantitative estimate of drug-likeness (QED) is 0.763. The van der Waals surface area contributed by atoms with Crippen LogP contribution in [0.3, 0.4) is 0 Å². The van der Waals surface area contributed by atoms with Crippen LogP contribution in [0.25, 0.3) is 0 Å². The summed E-state index contributed by atoms with van der Waals surface area (Å²) >= 11 is 7.44. The van der Waals surface area contributed by atoms with Gasteiger partial charge in [-0.15, -0.1) is 22.9 Å². The lowest BCUT2D eigenvalue weighted by molar-refractivity contribution is 0.553. The van der Waals surface area contributed by atoms with Gasteiger partial charge in [0.1, 0.15) is 0 Å². The lowest BCUT2D eigenvalue weighted by Crippen LogP contribution is -2.35. The second kappa shape index (κ2) is 4.10. The molecule has 0 bridgehead atoms. The summed E-state index contributed by atoms with van der Waals surface area (Å²) in [5, 5.41) is 6.21. The summed E-state index contributed by atoms with van der Waals surface area (Å²) in [4.78, 5) is 4.15. The highest BCUT2D eigenvalue weighted by atomic mass is 35.5. The second-order valence-electron chi connectivity index (χ2n) is 3.01. The fourth-order valence-electron chi connectivity index (χ4n) is 0.760. The smallest absolute Gasteiger partial charge is 0.183 e. The van der Waals surface area contributed by atoms with Gasteiger partial charge in [0.15, 0.2) is 5.13 Å². The third-order valence-electron chi connectivity index (χ3n) is 1.92. The monoisotopic (exact) mass is 204 g/mol. The van der Waals surface area contributed by atoms with E-state index in [0.29, 0.717) is 5.88 Å². The Morgan fingerprint density at radius 2 is 2.50 bits per heavy atom. The lowest BCUT2D eigenvalue weighted by atomic mass is 10.0. The molecule has 1 N–H and O–H groups in total. The summed E-state index contributed by atoms with van der Waals surface area (Å²) in [6.45, 7) is 4.21. The average Bonchev–Trinajstić information content (AvgIpc) is 2.57. The molecule has 0 aliphatic heterocycles. The van der Waals surface area contributed by atoms with Gasteiger partial charge in [-0.2, -0.15) is 0 Å². The van der Waals surface area contributed by atoms with Crippen molar-refractivity contribution in [2.75, 3.05) is 11.2 Å². The Kier molecular flexibility index (Phi) is 3.35. The van der Waals surface area contributed by atoms with E-state index in [1.807, 2.05) is 5.38 Å². The Morgan fingerprint density at radius 1 is 1.75 bits per heavy atom. The van der Waals surface area contributed by atoms with Crippen LogP contribution in [0.1, 0.15) is 20.3 Å². The molecule has 1 aromatic rings. The van der Waals surface area contributed by atoms with Gasteiger partial charge in [-0.1, -0.05) is 6.92 Å². The van der Waals surface area contributed by atoms with E-state index in [1.54, 1.807) is 17.5 Å². The summed E-state index contributed by atoms with van der Waals surface area (Å²) < 4.78 is 0. The maximum Gasteiger partial charge on any atom is 0.183 e. The molecular weight excluding hydrogens is 192 g/mol. The number of hydrogen-bond acceptors (Lipinski definition) is 3. The van der Waals surface area contributed by atoms with Crippen molar-refractivity contribution in [3.8, 4) is 0 Å². The van der Waals surface area contributed by atoms with Crippen LogP contribution in [0.2, 0.25) is 0 Å². The van der Waals surface area contributed by atoms with E-state index in [1.165, 1.54) is 0 Å². The predicted molar refractivity (Wildman–Crippen MR) is 55.2 cm³/mol. The molecule has 0 spiro atoms. The van der Waals surface area contributed by atoms with E-state index in [-0.39, 0.29) is 5.54 Å². The molecule has 4 heteroatoms. The molecular formula is C8H13ClN2S. The standard InChI is InChI=1S/C8H13ClN2S/c1-3-8(2,6-9)11-7-10-4-5-12-7/h4-5H,3,6H2,1-2H3,(H,10,11). The van der Waals surface area contributed by atoms with Gasteiger partial charge in [0.05, 0.1) is 0 Å². The number of aromatic nitrogens is 1. The molecule has 0 fully saturated rings. The lowest BCUT2D eigenvalue weighted by Gasteiger charge is -2.26. The second-order valence-corrected chi connectivity index (χ2v) is 4.17. The normalized spacial score (nSPS) is 15.6. The molecule has 0 aromatic carbocycles. The number of rotatable bonds is 4. The Balaban J connectivity index is 2.60. The third-order valence-corrected chi connectivity index (χ3v) is 3.19. The van der Waals surface area contributed by atoms with Gasteiger partial charge >= 0.3 is 0 Å². The van der Waals surface area contributed by atoms with Gasteiger partial charge < -0.3 is 5.32 Å². The molecule has 1 aromatic heterocycles. The highest BCUT2D eigenvalue weighted by molar-refractivity contribution is 7.13. The van der Waals surface area contributed by atoms with E-state index in [2.05, 4.69) is 24.1 Å². The van der Waals surface area contributed by atoms with Gasteiger partial charge in [0.25, 0.3) is 0 Å². The maximum absolute atomic E-state index is 5.84. The van der Waals surface area contributed by atoms with Crippen LogP contribution in [0.5, 0.6) is 0 Å². The Morgan fingerprint density at radius 3 is 2.92 bits per heavy atom. The Labute approximate surface area is 82.0 Å². The SMILES string of the molecule is CCC(C)(CCl)Nc1nccs1. The molecule has 1 atom stereocenters.